The lowest BCUT2D eigenvalue weighted by Crippen LogP contribution is -2.19. The first-order chi connectivity index (χ1) is 14.6. The van der Waals surface area contributed by atoms with Gasteiger partial charge in [-0.3, -0.25) is 4.79 Å². The monoisotopic (exact) mass is 420 g/mol. The molecule has 1 N–H and O–H groups in total. The van der Waals surface area contributed by atoms with Gasteiger partial charge < -0.3 is 10.1 Å². The van der Waals surface area contributed by atoms with E-state index in [2.05, 4.69) is 10.4 Å². The predicted octanol–water partition coefficient (Wildman–Crippen LogP) is 4.63. The first-order valence-corrected chi connectivity index (χ1v) is 9.86. The SMILES string of the molecule is CCCOc1ccc(-c2nn(-c3ccccc3)cc2C=C(C#N)C(=O)NC)cc1Cl. The lowest BCUT2D eigenvalue weighted by molar-refractivity contribution is -0.116. The van der Waals surface area contributed by atoms with E-state index in [0.29, 0.717) is 28.6 Å². The first kappa shape index (κ1) is 21.2. The van der Waals surface area contributed by atoms with Crippen LogP contribution in [0.3, 0.4) is 0 Å². The Morgan fingerprint density at radius 2 is 2.07 bits per heavy atom. The Balaban J connectivity index is 2.12. The molecule has 0 aliphatic rings. The molecular formula is C23H21ClN4O2. The second-order valence-electron chi connectivity index (χ2n) is 6.46. The molecule has 2 aromatic carbocycles. The molecule has 7 heteroatoms. The number of rotatable bonds is 7. The molecule has 6 nitrogen and oxygen atoms in total. The van der Waals surface area contributed by atoms with Crippen molar-refractivity contribution < 1.29 is 9.53 Å². The summed E-state index contributed by atoms with van der Waals surface area (Å²) in [5.41, 5.74) is 2.81. The molecular weight excluding hydrogens is 400 g/mol. The lowest BCUT2D eigenvalue weighted by atomic mass is 10.1. The molecule has 0 saturated heterocycles. The standard InChI is InChI=1S/C23H21ClN4O2/c1-3-11-30-21-10-9-16(13-20(21)24)22-18(12-17(14-25)23(29)26-2)15-28(27-22)19-7-5-4-6-8-19/h4-10,12-13,15H,3,11H2,1-2H3,(H,26,29). The Hall–Kier alpha value is -3.56. The third-order valence-corrected chi connectivity index (χ3v) is 4.62. The second kappa shape index (κ2) is 9.77. The maximum Gasteiger partial charge on any atom is 0.261 e. The van der Waals surface area contributed by atoms with Crippen LogP contribution in [-0.4, -0.2) is 29.3 Å². The number of nitriles is 1. The normalized spacial score (nSPS) is 11.1. The van der Waals surface area contributed by atoms with Crippen molar-refractivity contribution >= 4 is 23.6 Å². The zero-order chi connectivity index (χ0) is 21.5. The van der Waals surface area contributed by atoms with Crippen molar-refractivity contribution in [3.63, 3.8) is 0 Å². The highest BCUT2D eigenvalue weighted by atomic mass is 35.5. The summed E-state index contributed by atoms with van der Waals surface area (Å²) in [6, 6.07) is 16.9. The zero-order valence-electron chi connectivity index (χ0n) is 16.7. The van der Waals surface area contributed by atoms with Crippen LogP contribution in [0, 0.1) is 11.3 Å². The molecule has 0 saturated carbocycles. The van der Waals surface area contributed by atoms with Crippen LogP contribution in [0.25, 0.3) is 23.0 Å². The van der Waals surface area contributed by atoms with Crippen LogP contribution in [0.2, 0.25) is 5.02 Å². The Morgan fingerprint density at radius 3 is 2.70 bits per heavy atom. The molecule has 1 aromatic heterocycles. The number of halogens is 1. The summed E-state index contributed by atoms with van der Waals surface area (Å²) in [6.07, 6.45) is 4.18. The summed E-state index contributed by atoms with van der Waals surface area (Å²) in [7, 11) is 1.48. The van der Waals surface area contributed by atoms with Gasteiger partial charge in [-0.1, -0.05) is 36.7 Å². The van der Waals surface area contributed by atoms with E-state index in [9.17, 15) is 10.1 Å². The summed E-state index contributed by atoms with van der Waals surface area (Å²) in [4.78, 5) is 12.0. The topological polar surface area (TPSA) is 79.9 Å². The molecule has 0 bridgehead atoms. The van der Waals surface area contributed by atoms with Crippen LogP contribution in [0.5, 0.6) is 5.75 Å². The maximum atomic E-state index is 12.0. The van der Waals surface area contributed by atoms with E-state index in [1.807, 2.05) is 49.4 Å². The highest BCUT2D eigenvalue weighted by Gasteiger charge is 2.15. The van der Waals surface area contributed by atoms with Crippen LogP contribution in [0.4, 0.5) is 0 Å². The van der Waals surface area contributed by atoms with Gasteiger partial charge in [0.25, 0.3) is 5.91 Å². The van der Waals surface area contributed by atoms with Crippen molar-refractivity contribution in [1.82, 2.24) is 15.1 Å². The maximum absolute atomic E-state index is 12.0. The van der Waals surface area contributed by atoms with Crippen molar-refractivity contribution in [3.8, 4) is 28.8 Å². The third kappa shape index (κ3) is 4.70. The van der Waals surface area contributed by atoms with Gasteiger partial charge >= 0.3 is 0 Å². The van der Waals surface area contributed by atoms with Gasteiger partial charge in [0.05, 0.1) is 17.3 Å². The summed E-state index contributed by atoms with van der Waals surface area (Å²) in [5, 5.41) is 17.0. The average molecular weight is 421 g/mol. The minimum atomic E-state index is -0.461. The van der Waals surface area contributed by atoms with Crippen molar-refractivity contribution in [1.29, 1.82) is 5.26 Å². The molecule has 0 atom stereocenters. The van der Waals surface area contributed by atoms with E-state index in [-0.39, 0.29) is 5.57 Å². The summed E-state index contributed by atoms with van der Waals surface area (Å²) >= 11 is 6.41. The number of aromatic nitrogens is 2. The van der Waals surface area contributed by atoms with Crippen LogP contribution >= 0.6 is 11.6 Å². The molecule has 0 aliphatic carbocycles. The number of benzene rings is 2. The van der Waals surface area contributed by atoms with Gasteiger partial charge in [-0.2, -0.15) is 10.4 Å². The van der Waals surface area contributed by atoms with Crippen LogP contribution in [0.1, 0.15) is 18.9 Å². The fourth-order valence-corrected chi connectivity index (χ4v) is 3.08. The minimum Gasteiger partial charge on any atom is -0.492 e. The van der Waals surface area contributed by atoms with E-state index >= 15 is 0 Å². The third-order valence-electron chi connectivity index (χ3n) is 4.32. The smallest absolute Gasteiger partial charge is 0.261 e. The Kier molecular flexibility index (Phi) is 6.89. The van der Waals surface area contributed by atoms with Crippen LogP contribution in [0.15, 0.2) is 60.3 Å². The highest BCUT2D eigenvalue weighted by molar-refractivity contribution is 6.32. The Morgan fingerprint density at radius 1 is 1.30 bits per heavy atom. The molecule has 3 rings (SSSR count). The number of amides is 1. The largest absolute Gasteiger partial charge is 0.492 e. The summed E-state index contributed by atoms with van der Waals surface area (Å²) < 4.78 is 7.35. The van der Waals surface area contributed by atoms with Crippen molar-refractivity contribution in [2.45, 2.75) is 13.3 Å². The number of likely N-dealkylation sites (N-methyl/N-ethyl adjacent to an activating group) is 1. The van der Waals surface area contributed by atoms with E-state index in [1.54, 1.807) is 23.0 Å². The molecule has 0 unspecified atom stereocenters. The number of carbonyl (C=O) groups excluding carboxylic acids is 1. The zero-order valence-corrected chi connectivity index (χ0v) is 17.5. The molecule has 0 aliphatic heterocycles. The van der Waals surface area contributed by atoms with Gasteiger partial charge in [-0.05, 0) is 42.8 Å². The van der Waals surface area contributed by atoms with Gasteiger partial charge in [0, 0.05) is 24.4 Å². The molecule has 0 spiro atoms. The molecule has 1 heterocycles. The van der Waals surface area contributed by atoms with Crippen LogP contribution < -0.4 is 10.1 Å². The number of nitrogens with one attached hydrogen (secondary N) is 1. The molecule has 1 amide bonds. The molecule has 152 valence electrons. The quantitative estimate of drug-likeness (QED) is 0.446. The molecule has 30 heavy (non-hydrogen) atoms. The molecule has 3 aromatic rings. The van der Waals surface area contributed by atoms with E-state index in [0.717, 1.165) is 17.7 Å². The van der Waals surface area contributed by atoms with Crippen molar-refractivity contribution in [3.05, 3.63) is 70.9 Å². The van der Waals surface area contributed by atoms with E-state index in [1.165, 1.54) is 13.1 Å². The number of hydrogen-bond donors (Lipinski definition) is 1. The van der Waals surface area contributed by atoms with E-state index in [4.69, 9.17) is 16.3 Å². The molecule has 0 fully saturated rings. The molecule has 0 radical (unpaired) electrons. The Labute approximate surface area is 180 Å². The van der Waals surface area contributed by atoms with Gasteiger partial charge in [0.1, 0.15) is 23.1 Å². The van der Waals surface area contributed by atoms with Gasteiger partial charge in [-0.25, -0.2) is 4.68 Å². The van der Waals surface area contributed by atoms with Crippen molar-refractivity contribution in [2.75, 3.05) is 13.7 Å². The predicted molar refractivity (Wildman–Crippen MR) is 117 cm³/mol. The summed E-state index contributed by atoms with van der Waals surface area (Å²) in [5.74, 6) is 0.141. The number of carbonyl (C=O) groups is 1. The fraction of sp³-hybridized carbons (Fsp3) is 0.174. The van der Waals surface area contributed by atoms with Gasteiger partial charge in [-0.15, -0.1) is 0 Å². The number of ether oxygens (including phenoxy) is 1. The Bertz CT molecular complexity index is 1110. The number of hydrogen-bond acceptors (Lipinski definition) is 4. The lowest BCUT2D eigenvalue weighted by Gasteiger charge is -2.08. The second-order valence-corrected chi connectivity index (χ2v) is 6.86. The van der Waals surface area contributed by atoms with Gasteiger partial charge in [0.15, 0.2) is 0 Å². The fourth-order valence-electron chi connectivity index (χ4n) is 2.85. The van der Waals surface area contributed by atoms with Gasteiger partial charge in [0.2, 0.25) is 0 Å². The van der Waals surface area contributed by atoms with Crippen LogP contribution in [-0.2, 0) is 4.79 Å². The number of nitrogens with zero attached hydrogens (tertiary/aromatic N) is 3. The highest BCUT2D eigenvalue weighted by Crippen LogP contribution is 2.32. The average Bonchev–Trinajstić information content (AvgIpc) is 3.20. The number of para-hydroxylation sites is 1. The first-order valence-electron chi connectivity index (χ1n) is 9.49. The summed E-state index contributed by atoms with van der Waals surface area (Å²) in [6.45, 7) is 2.60. The minimum absolute atomic E-state index is 0.0136. The van der Waals surface area contributed by atoms with Crippen molar-refractivity contribution in [2.24, 2.45) is 0 Å². The van der Waals surface area contributed by atoms with E-state index < -0.39 is 5.91 Å².